The first-order valence-electron chi connectivity index (χ1n) is 6.86. The average Bonchev–Trinajstić information content (AvgIpc) is 2.50. The van der Waals surface area contributed by atoms with Gasteiger partial charge in [-0.05, 0) is 35.9 Å². The Kier molecular flexibility index (Phi) is 3.29. The van der Waals surface area contributed by atoms with Gasteiger partial charge in [0.2, 0.25) is 0 Å². The smallest absolute Gasteiger partial charge is 0.0548 e. The minimum absolute atomic E-state index is 0.292. The van der Waals surface area contributed by atoms with Crippen molar-refractivity contribution in [1.29, 1.82) is 0 Å². The van der Waals surface area contributed by atoms with Crippen LogP contribution >= 0.6 is 0 Å². The standard InChI is InChI=1S/C15H21NOS/c1-10-8-16-15-13-6-4-3-5-12(13)11(2)7-14(15)18(17)9-10/h3-6,10-11,14-16H,7-9H2,1-2H3. The van der Waals surface area contributed by atoms with Crippen molar-refractivity contribution in [2.24, 2.45) is 5.92 Å². The second kappa shape index (κ2) is 4.78. The lowest BCUT2D eigenvalue weighted by Gasteiger charge is -2.35. The van der Waals surface area contributed by atoms with E-state index in [1.807, 2.05) is 0 Å². The van der Waals surface area contributed by atoms with E-state index in [1.54, 1.807) is 0 Å². The molecule has 1 aromatic carbocycles. The predicted octanol–water partition coefficient (Wildman–Crippen LogP) is 2.59. The maximum Gasteiger partial charge on any atom is 0.0548 e. The van der Waals surface area contributed by atoms with Crippen LogP contribution in [0.4, 0.5) is 0 Å². The van der Waals surface area contributed by atoms with Gasteiger partial charge >= 0.3 is 0 Å². The van der Waals surface area contributed by atoms with Crippen molar-refractivity contribution in [2.45, 2.75) is 37.5 Å². The molecule has 1 aliphatic carbocycles. The number of rotatable bonds is 0. The quantitative estimate of drug-likeness (QED) is 0.779. The van der Waals surface area contributed by atoms with Gasteiger partial charge in [-0.2, -0.15) is 0 Å². The Morgan fingerprint density at radius 2 is 1.94 bits per heavy atom. The molecule has 0 bridgehead atoms. The van der Waals surface area contributed by atoms with Gasteiger partial charge in [-0.25, -0.2) is 0 Å². The molecule has 1 N–H and O–H groups in total. The molecule has 0 spiro atoms. The van der Waals surface area contributed by atoms with E-state index in [0.717, 1.165) is 18.7 Å². The highest BCUT2D eigenvalue weighted by molar-refractivity contribution is 7.85. The third kappa shape index (κ3) is 2.04. The molecule has 0 radical (unpaired) electrons. The Balaban J connectivity index is 2.03. The van der Waals surface area contributed by atoms with Gasteiger partial charge in [0.05, 0.1) is 5.25 Å². The van der Waals surface area contributed by atoms with E-state index in [0.29, 0.717) is 23.1 Å². The molecule has 0 aromatic heterocycles. The van der Waals surface area contributed by atoms with Gasteiger partial charge in [0.15, 0.2) is 0 Å². The number of benzene rings is 1. The van der Waals surface area contributed by atoms with Gasteiger partial charge < -0.3 is 5.32 Å². The second-order valence-electron chi connectivity index (χ2n) is 5.84. The van der Waals surface area contributed by atoms with Gasteiger partial charge in [0.1, 0.15) is 0 Å². The summed E-state index contributed by atoms with van der Waals surface area (Å²) >= 11 is 0. The largest absolute Gasteiger partial charge is 0.309 e. The summed E-state index contributed by atoms with van der Waals surface area (Å²) in [7, 11) is -0.695. The Labute approximate surface area is 112 Å². The van der Waals surface area contributed by atoms with Crippen molar-refractivity contribution in [2.75, 3.05) is 12.3 Å². The van der Waals surface area contributed by atoms with Crippen molar-refractivity contribution in [3.05, 3.63) is 35.4 Å². The number of hydrogen-bond donors (Lipinski definition) is 1. The number of fused-ring (bicyclic) bond motifs is 3. The molecule has 1 saturated heterocycles. The molecule has 3 heteroatoms. The van der Waals surface area contributed by atoms with E-state index >= 15 is 0 Å². The van der Waals surface area contributed by atoms with Gasteiger partial charge in [-0.15, -0.1) is 0 Å². The topological polar surface area (TPSA) is 29.1 Å². The third-order valence-corrected chi connectivity index (χ3v) is 6.33. The van der Waals surface area contributed by atoms with Crippen LogP contribution in [0.3, 0.4) is 0 Å². The molecule has 98 valence electrons. The van der Waals surface area contributed by atoms with Crippen LogP contribution < -0.4 is 5.32 Å². The molecule has 1 heterocycles. The van der Waals surface area contributed by atoms with Crippen molar-refractivity contribution < 1.29 is 4.21 Å². The molecule has 1 aromatic rings. The highest BCUT2D eigenvalue weighted by Gasteiger charge is 2.38. The summed E-state index contributed by atoms with van der Waals surface area (Å²) in [6.07, 6.45) is 1.05. The van der Waals surface area contributed by atoms with E-state index in [1.165, 1.54) is 11.1 Å². The predicted molar refractivity (Wildman–Crippen MR) is 76.2 cm³/mol. The van der Waals surface area contributed by atoms with Crippen molar-refractivity contribution >= 4 is 10.8 Å². The lowest BCUT2D eigenvalue weighted by atomic mass is 9.80. The zero-order chi connectivity index (χ0) is 12.7. The molecule has 0 saturated carbocycles. The van der Waals surface area contributed by atoms with E-state index in [9.17, 15) is 4.21 Å². The zero-order valence-corrected chi connectivity index (χ0v) is 11.9. The van der Waals surface area contributed by atoms with Crippen LogP contribution in [0.1, 0.15) is 43.4 Å². The maximum absolute atomic E-state index is 12.5. The fraction of sp³-hybridized carbons (Fsp3) is 0.600. The first-order chi connectivity index (χ1) is 8.66. The van der Waals surface area contributed by atoms with Crippen LogP contribution in [-0.4, -0.2) is 21.8 Å². The van der Waals surface area contributed by atoms with E-state index < -0.39 is 10.8 Å². The summed E-state index contributed by atoms with van der Waals surface area (Å²) < 4.78 is 12.5. The molecule has 18 heavy (non-hydrogen) atoms. The summed E-state index contributed by atoms with van der Waals surface area (Å²) in [6.45, 7) is 5.44. The van der Waals surface area contributed by atoms with Crippen molar-refractivity contribution in [1.82, 2.24) is 5.32 Å². The minimum Gasteiger partial charge on any atom is -0.309 e. The number of hydrogen-bond acceptors (Lipinski definition) is 2. The average molecular weight is 263 g/mol. The summed E-state index contributed by atoms with van der Waals surface area (Å²) in [6, 6.07) is 8.96. The van der Waals surface area contributed by atoms with E-state index in [2.05, 4.69) is 43.4 Å². The van der Waals surface area contributed by atoms with Crippen LogP contribution in [-0.2, 0) is 10.8 Å². The summed E-state index contributed by atoms with van der Waals surface area (Å²) in [5.41, 5.74) is 2.82. The highest BCUT2D eigenvalue weighted by atomic mass is 32.2. The van der Waals surface area contributed by atoms with Crippen LogP contribution in [0.25, 0.3) is 0 Å². The first kappa shape index (κ1) is 12.4. The minimum atomic E-state index is -0.695. The Bertz CT molecular complexity index is 473. The van der Waals surface area contributed by atoms with Crippen molar-refractivity contribution in [3.63, 3.8) is 0 Å². The molecule has 1 aliphatic heterocycles. The molecule has 1 fully saturated rings. The van der Waals surface area contributed by atoms with Gasteiger partial charge in [0, 0.05) is 22.6 Å². The number of nitrogens with one attached hydrogen (secondary N) is 1. The lowest BCUT2D eigenvalue weighted by molar-refractivity contribution is 0.429. The first-order valence-corrected chi connectivity index (χ1v) is 8.24. The van der Waals surface area contributed by atoms with Crippen LogP contribution in [0, 0.1) is 5.92 Å². The van der Waals surface area contributed by atoms with E-state index in [4.69, 9.17) is 0 Å². The Morgan fingerprint density at radius 1 is 1.22 bits per heavy atom. The molecule has 5 unspecified atom stereocenters. The fourth-order valence-electron chi connectivity index (χ4n) is 3.35. The fourth-order valence-corrected chi connectivity index (χ4v) is 5.32. The highest BCUT2D eigenvalue weighted by Crippen LogP contribution is 2.40. The molecule has 5 atom stereocenters. The SMILES string of the molecule is CC1CNC2c3ccccc3C(C)CC2S(=O)C1. The van der Waals surface area contributed by atoms with Crippen molar-refractivity contribution in [3.8, 4) is 0 Å². The van der Waals surface area contributed by atoms with Gasteiger partial charge in [-0.1, -0.05) is 38.1 Å². The molecule has 2 aliphatic rings. The van der Waals surface area contributed by atoms with Gasteiger partial charge in [0.25, 0.3) is 0 Å². The summed E-state index contributed by atoms with van der Waals surface area (Å²) in [5.74, 6) is 1.89. The van der Waals surface area contributed by atoms with Gasteiger partial charge in [-0.3, -0.25) is 4.21 Å². The monoisotopic (exact) mass is 263 g/mol. The summed E-state index contributed by atoms with van der Waals surface area (Å²) in [5, 5.41) is 3.94. The van der Waals surface area contributed by atoms with Crippen LogP contribution in [0.2, 0.25) is 0 Å². The summed E-state index contributed by atoms with van der Waals surface area (Å²) in [4.78, 5) is 0. The Hall–Kier alpha value is -0.670. The molecule has 0 amide bonds. The molecular weight excluding hydrogens is 242 g/mol. The third-order valence-electron chi connectivity index (χ3n) is 4.29. The molecular formula is C15H21NOS. The maximum atomic E-state index is 12.5. The van der Waals surface area contributed by atoms with E-state index in [-0.39, 0.29) is 0 Å². The molecule has 2 nitrogen and oxygen atoms in total. The van der Waals surface area contributed by atoms with Crippen LogP contribution in [0.5, 0.6) is 0 Å². The normalized spacial score (nSPS) is 39.6. The zero-order valence-electron chi connectivity index (χ0n) is 11.1. The van der Waals surface area contributed by atoms with Crippen LogP contribution in [0.15, 0.2) is 24.3 Å². The Morgan fingerprint density at radius 3 is 2.72 bits per heavy atom. The molecule has 3 rings (SSSR count). The lowest BCUT2D eigenvalue weighted by Crippen LogP contribution is -2.37. The second-order valence-corrected chi connectivity index (χ2v) is 7.54.